The zero-order valence-corrected chi connectivity index (χ0v) is 17.3. The summed E-state index contributed by atoms with van der Waals surface area (Å²) in [4.78, 5) is 10.1. The van der Waals surface area contributed by atoms with Crippen LogP contribution in [0.3, 0.4) is 0 Å². The van der Waals surface area contributed by atoms with Crippen LogP contribution in [0.2, 0.25) is 0 Å². The molecule has 5 nitrogen and oxygen atoms in total. The minimum absolute atomic E-state index is 0.138. The molecule has 1 aromatic rings. The van der Waals surface area contributed by atoms with Crippen LogP contribution in [0.5, 0.6) is 0 Å². The van der Waals surface area contributed by atoms with Gasteiger partial charge in [-0.15, -0.1) is 0 Å². The minimum Gasteiger partial charge on any atom is -0.372 e. The van der Waals surface area contributed by atoms with E-state index in [1.807, 2.05) is 0 Å². The maximum absolute atomic E-state index is 5.06. The molecule has 1 saturated heterocycles. The van der Waals surface area contributed by atoms with Crippen LogP contribution < -0.4 is 15.5 Å². The number of hydrogen-bond acceptors (Lipinski definition) is 5. The van der Waals surface area contributed by atoms with Gasteiger partial charge in [0.2, 0.25) is 5.96 Å². The molecule has 1 aliphatic carbocycles. The van der Waals surface area contributed by atoms with Gasteiger partial charge in [-0.3, -0.25) is 0 Å². The molecule has 5 heteroatoms. The molecule has 5 rings (SSSR count). The van der Waals surface area contributed by atoms with Crippen LogP contribution in [0.4, 0.5) is 11.4 Å². The SMILES string of the molecule is C1=CN(C2CCCCC2)C2N=C(Nc3ccc(N4CCCCC4)cc3)NC=C2C1. The Morgan fingerprint density at radius 3 is 2.48 bits per heavy atom. The fraction of sp³-hybridized carbons (Fsp3) is 0.542. The molecule has 4 aliphatic rings. The molecule has 154 valence electrons. The second-order valence-electron chi connectivity index (χ2n) is 8.76. The number of fused-ring (bicyclic) bond motifs is 1. The van der Waals surface area contributed by atoms with E-state index >= 15 is 0 Å². The van der Waals surface area contributed by atoms with Gasteiger partial charge in [0, 0.05) is 36.7 Å². The van der Waals surface area contributed by atoms with Crippen molar-refractivity contribution >= 4 is 17.3 Å². The molecular weight excluding hydrogens is 358 g/mol. The van der Waals surface area contributed by atoms with Gasteiger partial charge in [0.15, 0.2) is 0 Å². The van der Waals surface area contributed by atoms with E-state index < -0.39 is 0 Å². The summed E-state index contributed by atoms with van der Waals surface area (Å²) in [5.41, 5.74) is 3.78. The summed E-state index contributed by atoms with van der Waals surface area (Å²) in [5.74, 6) is 0.848. The highest BCUT2D eigenvalue weighted by Crippen LogP contribution is 2.31. The largest absolute Gasteiger partial charge is 0.372 e. The van der Waals surface area contributed by atoms with Gasteiger partial charge in [-0.05, 0) is 74.6 Å². The maximum atomic E-state index is 5.06. The molecular formula is C24H33N5. The third-order valence-electron chi connectivity index (χ3n) is 6.74. The molecule has 0 aromatic heterocycles. The second-order valence-corrected chi connectivity index (χ2v) is 8.76. The number of guanidine groups is 1. The molecule has 1 unspecified atom stereocenters. The van der Waals surface area contributed by atoms with Crippen LogP contribution in [-0.2, 0) is 0 Å². The molecule has 0 bridgehead atoms. The maximum Gasteiger partial charge on any atom is 0.202 e. The Balaban J connectivity index is 1.27. The van der Waals surface area contributed by atoms with Gasteiger partial charge in [0.25, 0.3) is 0 Å². The van der Waals surface area contributed by atoms with Crippen molar-refractivity contribution in [1.29, 1.82) is 0 Å². The summed E-state index contributed by atoms with van der Waals surface area (Å²) in [6.45, 7) is 2.36. The number of hydrogen-bond donors (Lipinski definition) is 2. The molecule has 0 radical (unpaired) electrons. The Bertz CT molecular complexity index is 782. The highest BCUT2D eigenvalue weighted by atomic mass is 15.3. The van der Waals surface area contributed by atoms with Gasteiger partial charge in [-0.2, -0.15) is 0 Å². The lowest BCUT2D eigenvalue weighted by atomic mass is 9.92. The Kier molecular flexibility index (Phi) is 5.46. The first-order valence-electron chi connectivity index (χ1n) is 11.5. The third-order valence-corrected chi connectivity index (χ3v) is 6.74. The highest BCUT2D eigenvalue weighted by molar-refractivity contribution is 5.95. The van der Waals surface area contributed by atoms with E-state index in [-0.39, 0.29) is 6.17 Å². The van der Waals surface area contributed by atoms with Crippen LogP contribution in [0, 0.1) is 0 Å². The number of piperidine rings is 1. The van der Waals surface area contributed by atoms with Crippen molar-refractivity contribution in [3.8, 4) is 0 Å². The first kappa shape index (κ1) is 18.6. The van der Waals surface area contributed by atoms with Crippen molar-refractivity contribution < 1.29 is 0 Å². The fourth-order valence-corrected chi connectivity index (χ4v) is 5.11. The zero-order chi connectivity index (χ0) is 19.5. The summed E-state index contributed by atoms with van der Waals surface area (Å²) in [5, 5.41) is 6.87. The van der Waals surface area contributed by atoms with Crippen LogP contribution in [0.1, 0.15) is 57.8 Å². The average Bonchev–Trinajstić information content (AvgIpc) is 2.80. The molecule has 1 aromatic carbocycles. The van der Waals surface area contributed by atoms with Crippen LogP contribution in [0.25, 0.3) is 0 Å². The average molecular weight is 392 g/mol. The quantitative estimate of drug-likeness (QED) is 0.776. The Morgan fingerprint density at radius 2 is 1.69 bits per heavy atom. The summed E-state index contributed by atoms with van der Waals surface area (Å²) in [6, 6.07) is 9.44. The van der Waals surface area contributed by atoms with E-state index in [1.165, 1.54) is 75.7 Å². The molecule has 3 heterocycles. The van der Waals surface area contributed by atoms with Gasteiger partial charge >= 0.3 is 0 Å². The van der Waals surface area contributed by atoms with Crippen LogP contribution in [-0.4, -0.2) is 36.2 Å². The van der Waals surface area contributed by atoms with Gasteiger partial charge in [0.1, 0.15) is 6.17 Å². The molecule has 2 fully saturated rings. The van der Waals surface area contributed by atoms with E-state index in [2.05, 4.69) is 63.2 Å². The smallest absolute Gasteiger partial charge is 0.202 e. The summed E-state index contributed by atoms with van der Waals surface area (Å²) in [6.07, 6.45) is 18.5. The lowest BCUT2D eigenvalue weighted by molar-refractivity contribution is 0.176. The summed E-state index contributed by atoms with van der Waals surface area (Å²) >= 11 is 0. The van der Waals surface area contributed by atoms with Crippen molar-refractivity contribution in [1.82, 2.24) is 10.2 Å². The highest BCUT2D eigenvalue weighted by Gasteiger charge is 2.31. The molecule has 1 atom stereocenters. The van der Waals surface area contributed by atoms with E-state index in [0.717, 1.165) is 18.1 Å². The Labute approximate surface area is 174 Å². The standard InChI is InChI=1S/C24H33N5/c1-3-9-22(10-4-1)29-17-7-8-19-18-25-24(27-23(19)29)26-20-11-13-21(14-12-20)28-15-5-2-6-16-28/h7,11-14,17-18,22-23H,1-6,8-10,15-16H2,(H2,25,26,27). The number of nitrogens with one attached hydrogen (secondary N) is 2. The first-order chi connectivity index (χ1) is 14.4. The summed E-state index contributed by atoms with van der Waals surface area (Å²) in [7, 11) is 0. The van der Waals surface area contributed by atoms with Gasteiger partial charge < -0.3 is 20.4 Å². The topological polar surface area (TPSA) is 42.9 Å². The third kappa shape index (κ3) is 4.14. The van der Waals surface area contributed by atoms with Crippen molar-refractivity contribution in [2.75, 3.05) is 23.3 Å². The Morgan fingerprint density at radius 1 is 0.931 bits per heavy atom. The molecule has 0 amide bonds. The molecule has 29 heavy (non-hydrogen) atoms. The molecule has 0 spiro atoms. The molecule has 2 N–H and O–H groups in total. The number of rotatable bonds is 3. The lowest BCUT2D eigenvalue weighted by Crippen LogP contribution is -2.46. The predicted octanol–water partition coefficient (Wildman–Crippen LogP) is 4.81. The fourth-order valence-electron chi connectivity index (χ4n) is 5.11. The van der Waals surface area contributed by atoms with Crippen LogP contribution in [0.15, 0.2) is 53.3 Å². The molecule has 3 aliphatic heterocycles. The van der Waals surface area contributed by atoms with Crippen molar-refractivity contribution in [3.05, 3.63) is 48.3 Å². The lowest BCUT2D eigenvalue weighted by Gasteiger charge is -2.41. The van der Waals surface area contributed by atoms with E-state index in [4.69, 9.17) is 4.99 Å². The van der Waals surface area contributed by atoms with Crippen molar-refractivity contribution in [2.24, 2.45) is 4.99 Å². The van der Waals surface area contributed by atoms with Gasteiger partial charge in [-0.1, -0.05) is 25.3 Å². The van der Waals surface area contributed by atoms with E-state index in [0.29, 0.717) is 6.04 Å². The normalized spacial score (nSPS) is 25.0. The monoisotopic (exact) mass is 391 g/mol. The number of anilines is 2. The number of allylic oxidation sites excluding steroid dienone is 1. The summed E-state index contributed by atoms with van der Waals surface area (Å²) < 4.78 is 0. The second kappa shape index (κ2) is 8.52. The van der Waals surface area contributed by atoms with E-state index in [1.54, 1.807) is 0 Å². The number of benzene rings is 1. The van der Waals surface area contributed by atoms with Crippen LogP contribution >= 0.6 is 0 Å². The first-order valence-corrected chi connectivity index (χ1v) is 11.5. The van der Waals surface area contributed by atoms with Gasteiger partial charge in [0.05, 0.1) is 0 Å². The zero-order valence-electron chi connectivity index (χ0n) is 17.3. The Hall–Kier alpha value is -2.43. The van der Waals surface area contributed by atoms with E-state index in [9.17, 15) is 0 Å². The minimum atomic E-state index is 0.138. The predicted molar refractivity (Wildman–Crippen MR) is 121 cm³/mol. The molecule has 1 saturated carbocycles. The number of aliphatic imine (C=N–C) groups is 1. The number of nitrogens with zero attached hydrogens (tertiary/aromatic N) is 3. The van der Waals surface area contributed by atoms with Crippen molar-refractivity contribution in [2.45, 2.75) is 70.0 Å². The van der Waals surface area contributed by atoms with Gasteiger partial charge in [-0.25, -0.2) is 4.99 Å². The van der Waals surface area contributed by atoms with Crippen molar-refractivity contribution in [3.63, 3.8) is 0 Å².